The molecule has 3 heteroatoms. The number of nitrogen functional groups attached to an aromatic ring is 1. The number of anilines is 1. The Kier molecular flexibility index (Phi) is 4.08. The normalized spacial score (nSPS) is 10.6. The number of benzene rings is 2. The van der Waals surface area contributed by atoms with Gasteiger partial charge in [0.05, 0.1) is 6.10 Å². The van der Waals surface area contributed by atoms with Crippen molar-refractivity contribution in [2.45, 2.75) is 26.9 Å². The number of aryl methyl sites for hydroxylation is 1. The lowest BCUT2D eigenvalue weighted by atomic mass is 10.0. The molecule has 0 atom stereocenters. The van der Waals surface area contributed by atoms with Crippen molar-refractivity contribution in [3.05, 3.63) is 59.2 Å². The van der Waals surface area contributed by atoms with Gasteiger partial charge in [-0.15, -0.1) is 0 Å². The number of hydrogen-bond donors (Lipinski definition) is 1. The summed E-state index contributed by atoms with van der Waals surface area (Å²) in [6.45, 7) is 5.86. The molecular formula is C17H19NO2. The molecule has 0 unspecified atom stereocenters. The van der Waals surface area contributed by atoms with Crippen LogP contribution in [-0.2, 0) is 0 Å². The molecule has 2 rings (SSSR count). The van der Waals surface area contributed by atoms with E-state index in [-0.39, 0.29) is 11.9 Å². The van der Waals surface area contributed by atoms with Crippen LogP contribution in [0.15, 0.2) is 42.5 Å². The first-order valence-corrected chi connectivity index (χ1v) is 6.64. The number of hydrogen-bond acceptors (Lipinski definition) is 3. The maximum absolute atomic E-state index is 12.4. The van der Waals surface area contributed by atoms with Crippen LogP contribution in [0.25, 0.3) is 0 Å². The quantitative estimate of drug-likeness (QED) is 0.681. The molecule has 0 aliphatic carbocycles. The zero-order valence-corrected chi connectivity index (χ0v) is 12.0. The van der Waals surface area contributed by atoms with Gasteiger partial charge in [-0.25, -0.2) is 0 Å². The van der Waals surface area contributed by atoms with Gasteiger partial charge in [0.1, 0.15) is 5.75 Å². The van der Waals surface area contributed by atoms with E-state index in [4.69, 9.17) is 10.5 Å². The highest BCUT2D eigenvalue weighted by atomic mass is 16.5. The van der Waals surface area contributed by atoms with Gasteiger partial charge in [-0.2, -0.15) is 0 Å². The van der Waals surface area contributed by atoms with Crippen molar-refractivity contribution in [1.82, 2.24) is 0 Å². The second kappa shape index (κ2) is 5.78. The summed E-state index contributed by atoms with van der Waals surface area (Å²) >= 11 is 0. The number of carbonyl (C=O) groups excluding carboxylic acids is 1. The first-order valence-electron chi connectivity index (χ1n) is 6.64. The molecule has 0 fully saturated rings. The molecule has 0 saturated carbocycles. The number of ether oxygens (including phenoxy) is 1. The molecule has 0 spiro atoms. The molecule has 0 radical (unpaired) electrons. The fourth-order valence-corrected chi connectivity index (χ4v) is 2.07. The molecule has 2 N–H and O–H groups in total. The fraction of sp³-hybridized carbons (Fsp3) is 0.235. The first kappa shape index (κ1) is 14.1. The maximum Gasteiger partial charge on any atom is 0.193 e. The third-order valence-electron chi connectivity index (χ3n) is 2.85. The standard InChI is InChI=1S/C17H19NO2/c1-11(2)20-16-6-4-13(5-7-16)17(19)14-8-12(3)9-15(18)10-14/h4-11H,18H2,1-3H3. The molecule has 0 amide bonds. The van der Waals surface area contributed by atoms with Gasteiger partial charge in [-0.05, 0) is 68.8 Å². The van der Waals surface area contributed by atoms with Crippen LogP contribution in [0.4, 0.5) is 5.69 Å². The van der Waals surface area contributed by atoms with Gasteiger partial charge in [0.2, 0.25) is 0 Å². The van der Waals surface area contributed by atoms with Gasteiger partial charge in [-0.3, -0.25) is 4.79 Å². The van der Waals surface area contributed by atoms with E-state index in [0.717, 1.165) is 11.3 Å². The van der Waals surface area contributed by atoms with Crippen molar-refractivity contribution in [3.8, 4) is 5.75 Å². The van der Waals surface area contributed by atoms with Gasteiger partial charge in [0, 0.05) is 16.8 Å². The highest BCUT2D eigenvalue weighted by molar-refractivity contribution is 6.09. The maximum atomic E-state index is 12.4. The van der Waals surface area contributed by atoms with Crippen LogP contribution in [0.3, 0.4) is 0 Å². The fourth-order valence-electron chi connectivity index (χ4n) is 2.07. The smallest absolute Gasteiger partial charge is 0.193 e. The van der Waals surface area contributed by atoms with Crippen molar-refractivity contribution in [1.29, 1.82) is 0 Å². The zero-order valence-electron chi connectivity index (χ0n) is 12.0. The molecule has 0 aromatic heterocycles. The van der Waals surface area contributed by atoms with Crippen LogP contribution < -0.4 is 10.5 Å². The summed E-state index contributed by atoms with van der Waals surface area (Å²) in [6, 6.07) is 12.6. The Hall–Kier alpha value is -2.29. The Morgan fingerprint density at radius 2 is 1.70 bits per heavy atom. The molecule has 2 aromatic rings. The van der Waals surface area contributed by atoms with E-state index >= 15 is 0 Å². The van der Waals surface area contributed by atoms with Crippen LogP contribution in [0, 0.1) is 6.92 Å². The third-order valence-corrected chi connectivity index (χ3v) is 2.85. The van der Waals surface area contributed by atoms with Gasteiger partial charge in [0.25, 0.3) is 0 Å². The number of rotatable bonds is 4. The lowest BCUT2D eigenvalue weighted by Crippen LogP contribution is -2.06. The van der Waals surface area contributed by atoms with Gasteiger partial charge in [0.15, 0.2) is 5.78 Å². The molecular weight excluding hydrogens is 250 g/mol. The Bertz CT molecular complexity index is 595. The summed E-state index contributed by atoms with van der Waals surface area (Å²) in [4.78, 5) is 12.4. The highest BCUT2D eigenvalue weighted by Gasteiger charge is 2.10. The number of ketones is 1. The minimum atomic E-state index is -0.0310. The van der Waals surface area contributed by atoms with Crippen LogP contribution in [-0.4, -0.2) is 11.9 Å². The molecule has 0 aliphatic heterocycles. The van der Waals surface area contributed by atoms with Crippen LogP contribution >= 0.6 is 0 Å². The van der Waals surface area contributed by atoms with Crippen molar-refractivity contribution in [2.75, 3.05) is 5.73 Å². The van der Waals surface area contributed by atoms with E-state index in [1.54, 1.807) is 18.2 Å². The summed E-state index contributed by atoms with van der Waals surface area (Å²) in [5.41, 5.74) is 8.61. The average molecular weight is 269 g/mol. The Morgan fingerprint density at radius 1 is 1.05 bits per heavy atom. The van der Waals surface area contributed by atoms with Gasteiger partial charge < -0.3 is 10.5 Å². The third kappa shape index (κ3) is 3.38. The van der Waals surface area contributed by atoms with Crippen molar-refractivity contribution in [3.63, 3.8) is 0 Å². The van der Waals surface area contributed by atoms with E-state index in [1.165, 1.54) is 0 Å². The van der Waals surface area contributed by atoms with E-state index < -0.39 is 0 Å². The Labute approximate surface area is 119 Å². The SMILES string of the molecule is Cc1cc(N)cc(C(=O)c2ccc(OC(C)C)cc2)c1. The largest absolute Gasteiger partial charge is 0.491 e. The van der Waals surface area contributed by atoms with E-state index in [0.29, 0.717) is 16.8 Å². The molecule has 0 heterocycles. The lowest BCUT2D eigenvalue weighted by molar-refractivity contribution is 0.103. The number of carbonyl (C=O) groups is 1. The highest BCUT2D eigenvalue weighted by Crippen LogP contribution is 2.19. The molecule has 0 aliphatic rings. The summed E-state index contributed by atoms with van der Waals surface area (Å²) < 4.78 is 5.56. The van der Waals surface area contributed by atoms with Crippen LogP contribution in [0.2, 0.25) is 0 Å². The molecule has 2 aromatic carbocycles. The molecule has 0 bridgehead atoms. The van der Waals surface area contributed by atoms with Crippen molar-refractivity contribution < 1.29 is 9.53 Å². The van der Waals surface area contributed by atoms with E-state index in [1.807, 2.05) is 45.0 Å². The topological polar surface area (TPSA) is 52.3 Å². The number of nitrogens with two attached hydrogens (primary N) is 1. The second-order valence-electron chi connectivity index (χ2n) is 5.15. The summed E-state index contributed by atoms with van der Waals surface area (Å²) in [5, 5.41) is 0. The predicted octanol–water partition coefficient (Wildman–Crippen LogP) is 3.60. The van der Waals surface area contributed by atoms with Crippen molar-refractivity contribution in [2.24, 2.45) is 0 Å². The molecule has 20 heavy (non-hydrogen) atoms. The minimum Gasteiger partial charge on any atom is -0.491 e. The lowest BCUT2D eigenvalue weighted by Gasteiger charge is -2.10. The van der Waals surface area contributed by atoms with Crippen LogP contribution in [0.5, 0.6) is 5.75 Å². The van der Waals surface area contributed by atoms with Gasteiger partial charge >= 0.3 is 0 Å². The monoisotopic (exact) mass is 269 g/mol. The summed E-state index contributed by atoms with van der Waals surface area (Å²) in [5.74, 6) is 0.733. The van der Waals surface area contributed by atoms with Crippen LogP contribution in [0.1, 0.15) is 35.3 Å². The Balaban J connectivity index is 2.24. The second-order valence-corrected chi connectivity index (χ2v) is 5.15. The van der Waals surface area contributed by atoms with E-state index in [2.05, 4.69) is 0 Å². The summed E-state index contributed by atoms with van der Waals surface area (Å²) in [7, 11) is 0. The predicted molar refractivity (Wildman–Crippen MR) is 81.2 cm³/mol. The minimum absolute atomic E-state index is 0.0310. The average Bonchev–Trinajstić information content (AvgIpc) is 2.37. The molecule has 3 nitrogen and oxygen atoms in total. The molecule has 0 saturated heterocycles. The Morgan fingerprint density at radius 3 is 2.25 bits per heavy atom. The van der Waals surface area contributed by atoms with Gasteiger partial charge in [-0.1, -0.05) is 0 Å². The first-order chi connectivity index (χ1) is 9.45. The summed E-state index contributed by atoms with van der Waals surface area (Å²) in [6.07, 6.45) is 0.119. The van der Waals surface area contributed by atoms with Crippen molar-refractivity contribution >= 4 is 11.5 Å². The van der Waals surface area contributed by atoms with E-state index in [9.17, 15) is 4.79 Å². The zero-order chi connectivity index (χ0) is 14.7. The molecule has 104 valence electrons.